The molecule has 0 bridgehead atoms. The van der Waals surface area contributed by atoms with E-state index in [1.54, 1.807) is 39.9 Å². The Morgan fingerprint density at radius 1 is 1.17 bits per heavy atom. The highest BCUT2D eigenvalue weighted by molar-refractivity contribution is 6.30. The number of carbonyl (C=O) groups excluding carboxylic acids is 1. The molecule has 0 N–H and O–H groups in total. The molecule has 2 atom stereocenters. The Labute approximate surface area is 173 Å². The van der Waals surface area contributed by atoms with Gasteiger partial charge in [0.15, 0.2) is 0 Å². The molecule has 0 aliphatic carbocycles. The summed E-state index contributed by atoms with van der Waals surface area (Å²) in [5, 5.41) is 1.38. The fourth-order valence-electron chi connectivity index (χ4n) is 3.79. The van der Waals surface area contributed by atoms with Crippen LogP contribution in [0.5, 0.6) is 0 Å². The van der Waals surface area contributed by atoms with Gasteiger partial charge in [-0.1, -0.05) is 23.7 Å². The number of halogens is 1. The summed E-state index contributed by atoms with van der Waals surface area (Å²) in [5.41, 5.74) is 1.26. The topological polar surface area (TPSA) is 64.4 Å². The second kappa shape index (κ2) is 7.97. The molecule has 1 aromatic carbocycles. The van der Waals surface area contributed by atoms with Crippen molar-refractivity contribution < 1.29 is 9.53 Å². The number of hydrogen-bond donors (Lipinski definition) is 0. The smallest absolute Gasteiger partial charge is 0.265 e. The van der Waals surface area contributed by atoms with Crippen molar-refractivity contribution in [3.63, 3.8) is 0 Å². The van der Waals surface area contributed by atoms with Gasteiger partial charge in [-0.05, 0) is 49.7 Å². The molecule has 1 aliphatic rings. The highest BCUT2D eigenvalue weighted by atomic mass is 35.5. The summed E-state index contributed by atoms with van der Waals surface area (Å²) in [5.74, 6) is -0.271. The predicted molar refractivity (Wildman–Crippen MR) is 112 cm³/mol. The van der Waals surface area contributed by atoms with E-state index < -0.39 is 0 Å². The molecule has 29 heavy (non-hydrogen) atoms. The fraction of sp³-hybridized carbons (Fsp3) is 0.318. The molecule has 4 rings (SSSR count). The van der Waals surface area contributed by atoms with Gasteiger partial charge in [0.05, 0.1) is 18.8 Å². The van der Waals surface area contributed by atoms with Crippen molar-refractivity contribution in [1.82, 2.24) is 14.5 Å². The van der Waals surface area contributed by atoms with E-state index in [-0.39, 0.29) is 29.2 Å². The molecule has 7 heteroatoms. The number of ether oxygens (including phenoxy) is 1. The molecule has 2 aromatic heterocycles. The van der Waals surface area contributed by atoms with Crippen molar-refractivity contribution in [1.29, 1.82) is 0 Å². The first-order chi connectivity index (χ1) is 13.9. The average Bonchev–Trinajstić information content (AvgIpc) is 2.70. The molecule has 3 heterocycles. The van der Waals surface area contributed by atoms with Gasteiger partial charge in [-0.3, -0.25) is 14.2 Å². The lowest BCUT2D eigenvalue weighted by Gasteiger charge is -2.35. The Morgan fingerprint density at radius 2 is 1.86 bits per heavy atom. The predicted octanol–water partition coefficient (Wildman–Crippen LogP) is 3.35. The van der Waals surface area contributed by atoms with Gasteiger partial charge in [-0.2, -0.15) is 0 Å². The third-order valence-electron chi connectivity index (χ3n) is 5.04. The van der Waals surface area contributed by atoms with E-state index in [0.29, 0.717) is 30.3 Å². The summed E-state index contributed by atoms with van der Waals surface area (Å²) < 4.78 is 7.27. The number of amides is 1. The number of hydrogen-bond acceptors (Lipinski definition) is 4. The van der Waals surface area contributed by atoms with Crippen LogP contribution in [0, 0.1) is 0 Å². The van der Waals surface area contributed by atoms with Gasteiger partial charge < -0.3 is 9.64 Å². The van der Waals surface area contributed by atoms with Crippen molar-refractivity contribution in [3.05, 3.63) is 75.2 Å². The molecule has 1 aliphatic heterocycles. The summed E-state index contributed by atoms with van der Waals surface area (Å²) >= 11 is 5.98. The summed E-state index contributed by atoms with van der Waals surface area (Å²) in [6.45, 7) is 5.09. The minimum absolute atomic E-state index is 0.0684. The maximum atomic E-state index is 13.3. The van der Waals surface area contributed by atoms with Crippen molar-refractivity contribution in [2.45, 2.75) is 32.6 Å². The minimum atomic E-state index is -0.344. The Morgan fingerprint density at radius 3 is 2.55 bits per heavy atom. The number of carbonyl (C=O) groups is 1. The third-order valence-corrected chi connectivity index (χ3v) is 5.29. The van der Waals surface area contributed by atoms with Crippen molar-refractivity contribution in [2.24, 2.45) is 0 Å². The van der Waals surface area contributed by atoms with Gasteiger partial charge >= 0.3 is 0 Å². The SMILES string of the molecule is C[C@@H]1CN(C(=O)c2cc3cccnc3n(Cc3ccc(Cl)cc3)c2=O)C[C@H](C)O1. The van der Waals surface area contributed by atoms with Crippen LogP contribution in [0.2, 0.25) is 5.02 Å². The Hall–Kier alpha value is -2.70. The molecule has 0 saturated carbocycles. The molecule has 6 nitrogen and oxygen atoms in total. The second-order valence-corrected chi connectivity index (χ2v) is 7.90. The number of benzene rings is 1. The molecule has 1 fully saturated rings. The zero-order chi connectivity index (χ0) is 20.5. The fourth-order valence-corrected chi connectivity index (χ4v) is 3.92. The van der Waals surface area contributed by atoms with Crippen LogP contribution in [0.15, 0.2) is 53.5 Å². The van der Waals surface area contributed by atoms with Crippen LogP contribution >= 0.6 is 11.6 Å². The number of nitrogens with zero attached hydrogens (tertiary/aromatic N) is 3. The molecule has 150 valence electrons. The van der Waals surface area contributed by atoms with E-state index in [1.165, 1.54) is 0 Å². The molecular formula is C22H22ClN3O3. The standard InChI is InChI=1S/C22H22ClN3O3/c1-14-11-25(12-15(2)29-14)21(27)19-10-17-4-3-9-24-20(17)26(22(19)28)13-16-5-7-18(23)8-6-16/h3-10,14-15H,11-13H2,1-2H3/t14-,15+. The quantitative estimate of drug-likeness (QED) is 0.663. The van der Waals surface area contributed by atoms with E-state index in [4.69, 9.17) is 16.3 Å². The first-order valence-corrected chi connectivity index (χ1v) is 9.98. The summed E-state index contributed by atoms with van der Waals surface area (Å²) in [6, 6.07) is 12.6. The van der Waals surface area contributed by atoms with E-state index in [0.717, 1.165) is 10.9 Å². The largest absolute Gasteiger partial charge is 0.372 e. The lowest BCUT2D eigenvalue weighted by Crippen LogP contribution is -2.49. The normalized spacial score (nSPS) is 19.5. The van der Waals surface area contributed by atoms with Crippen LogP contribution in [0.4, 0.5) is 0 Å². The van der Waals surface area contributed by atoms with Gasteiger partial charge in [-0.25, -0.2) is 4.98 Å². The van der Waals surface area contributed by atoms with E-state index >= 15 is 0 Å². The van der Waals surface area contributed by atoms with Gasteiger partial charge in [0, 0.05) is 29.7 Å². The summed E-state index contributed by atoms with van der Waals surface area (Å²) in [4.78, 5) is 32.6. The van der Waals surface area contributed by atoms with E-state index in [2.05, 4.69) is 4.98 Å². The minimum Gasteiger partial charge on any atom is -0.372 e. The van der Waals surface area contributed by atoms with Crippen molar-refractivity contribution in [2.75, 3.05) is 13.1 Å². The van der Waals surface area contributed by atoms with Gasteiger partial charge in [0.25, 0.3) is 11.5 Å². The molecule has 1 saturated heterocycles. The molecular weight excluding hydrogens is 390 g/mol. The molecule has 0 radical (unpaired) electrons. The number of morpholine rings is 1. The molecule has 0 unspecified atom stereocenters. The molecule has 3 aromatic rings. The van der Waals surface area contributed by atoms with Crippen LogP contribution in [0.3, 0.4) is 0 Å². The zero-order valence-electron chi connectivity index (χ0n) is 16.3. The third kappa shape index (κ3) is 4.04. The maximum absolute atomic E-state index is 13.3. The number of fused-ring (bicyclic) bond motifs is 1. The van der Waals surface area contributed by atoms with Crippen LogP contribution in [-0.2, 0) is 11.3 Å². The van der Waals surface area contributed by atoms with Crippen molar-refractivity contribution >= 4 is 28.5 Å². The van der Waals surface area contributed by atoms with Gasteiger partial charge in [0.1, 0.15) is 11.2 Å². The Kier molecular flexibility index (Phi) is 5.39. The number of pyridine rings is 2. The van der Waals surface area contributed by atoms with E-state index in [1.807, 2.05) is 32.0 Å². The lowest BCUT2D eigenvalue weighted by atomic mass is 10.1. The first kappa shape index (κ1) is 19.6. The van der Waals surface area contributed by atoms with Gasteiger partial charge in [0.2, 0.25) is 0 Å². The molecule has 1 amide bonds. The number of aromatic nitrogens is 2. The van der Waals surface area contributed by atoms with Gasteiger partial charge in [-0.15, -0.1) is 0 Å². The highest BCUT2D eigenvalue weighted by Crippen LogP contribution is 2.18. The second-order valence-electron chi connectivity index (χ2n) is 7.46. The summed E-state index contributed by atoms with van der Waals surface area (Å²) in [7, 11) is 0. The van der Waals surface area contributed by atoms with E-state index in [9.17, 15) is 9.59 Å². The van der Waals surface area contributed by atoms with Crippen LogP contribution < -0.4 is 5.56 Å². The molecule has 0 spiro atoms. The maximum Gasteiger partial charge on any atom is 0.265 e. The average molecular weight is 412 g/mol. The summed E-state index contributed by atoms with van der Waals surface area (Å²) in [6.07, 6.45) is 1.51. The van der Waals surface area contributed by atoms with Crippen LogP contribution in [0.25, 0.3) is 11.0 Å². The zero-order valence-corrected chi connectivity index (χ0v) is 17.1. The number of rotatable bonds is 3. The van der Waals surface area contributed by atoms with Crippen LogP contribution in [-0.4, -0.2) is 45.7 Å². The first-order valence-electron chi connectivity index (χ1n) is 9.60. The van der Waals surface area contributed by atoms with Crippen molar-refractivity contribution in [3.8, 4) is 0 Å². The van der Waals surface area contributed by atoms with Crippen LogP contribution in [0.1, 0.15) is 29.8 Å². The lowest BCUT2D eigenvalue weighted by molar-refractivity contribution is -0.0586. The highest BCUT2D eigenvalue weighted by Gasteiger charge is 2.29. The Bertz CT molecular complexity index is 1100. The Balaban J connectivity index is 1.79. The monoisotopic (exact) mass is 411 g/mol.